The fraction of sp³-hybridized carbons (Fsp3) is 0. The second-order valence-electron chi connectivity index (χ2n) is 3.64. The smallest absolute Gasteiger partial charge is 0.337 e. The normalized spacial score (nSPS) is 10.1. The summed E-state index contributed by atoms with van der Waals surface area (Å²) in [7, 11) is 0. The first-order chi connectivity index (χ1) is 9.49. The topological polar surface area (TPSA) is 103 Å². The van der Waals surface area contributed by atoms with Gasteiger partial charge in [0.1, 0.15) is 4.47 Å². The lowest BCUT2D eigenvalue weighted by molar-refractivity contribution is -0.385. The van der Waals surface area contributed by atoms with Gasteiger partial charge in [-0.3, -0.25) is 10.1 Å². The summed E-state index contributed by atoms with van der Waals surface area (Å²) in [5.74, 6) is -0.744. The monoisotopic (exact) mass is 338 g/mol. The zero-order valence-electron chi connectivity index (χ0n) is 9.82. The van der Waals surface area contributed by atoms with Crippen LogP contribution in [0.4, 0.5) is 5.69 Å². The van der Waals surface area contributed by atoms with Gasteiger partial charge in [0.25, 0.3) is 5.69 Å². The minimum absolute atomic E-state index is 0.0236. The standard InChI is InChI=1S/C12H7BrN2O5/c13-11-8(15(18)19)2-1-3-9(11)20-10-5-4-7(6-14-10)12(16)17/h1-6H,(H,16,17). The number of nitro benzene ring substituents is 1. The molecule has 2 aromatic rings. The van der Waals surface area contributed by atoms with Crippen LogP contribution in [0.3, 0.4) is 0 Å². The molecule has 0 radical (unpaired) electrons. The Balaban J connectivity index is 2.28. The molecular weight excluding hydrogens is 332 g/mol. The van der Waals surface area contributed by atoms with Crippen LogP contribution in [0.25, 0.3) is 0 Å². The van der Waals surface area contributed by atoms with Crippen molar-refractivity contribution < 1.29 is 19.6 Å². The van der Waals surface area contributed by atoms with E-state index in [1.165, 1.54) is 30.3 Å². The first-order valence-electron chi connectivity index (χ1n) is 5.29. The predicted octanol–water partition coefficient (Wildman–Crippen LogP) is 3.24. The molecule has 1 aromatic heterocycles. The largest absolute Gasteiger partial charge is 0.478 e. The van der Waals surface area contributed by atoms with Crippen molar-refractivity contribution in [3.8, 4) is 11.6 Å². The van der Waals surface area contributed by atoms with Crippen molar-refractivity contribution in [3.05, 3.63) is 56.7 Å². The van der Waals surface area contributed by atoms with Gasteiger partial charge in [-0.2, -0.15) is 0 Å². The highest BCUT2D eigenvalue weighted by molar-refractivity contribution is 9.10. The maximum absolute atomic E-state index is 10.8. The highest BCUT2D eigenvalue weighted by Crippen LogP contribution is 2.35. The summed E-state index contributed by atoms with van der Waals surface area (Å²) in [6.07, 6.45) is 1.14. The summed E-state index contributed by atoms with van der Waals surface area (Å²) in [5, 5.41) is 19.5. The van der Waals surface area contributed by atoms with E-state index in [0.29, 0.717) is 0 Å². The zero-order valence-corrected chi connectivity index (χ0v) is 11.4. The van der Waals surface area contributed by atoms with Gasteiger partial charge in [-0.1, -0.05) is 6.07 Å². The number of rotatable bonds is 4. The fourth-order valence-electron chi connectivity index (χ4n) is 1.40. The van der Waals surface area contributed by atoms with Gasteiger partial charge in [0, 0.05) is 18.3 Å². The van der Waals surface area contributed by atoms with Crippen LogP contribution in [0.1, 0.15) is 10.4 Å². The number of aromatic carboxylic acids is 1. The summed E-state index contributed by atoms with van der Waals surface area (Å²) >= 11 is 3.09. The number of carboxylic acid groups (broad SMARTS) is 1. The predicted molar refractivity (Wildman–Crippen MR) is 72.1 cm³/mol. The van der Waals surface area contributed by atoms with E-state index in [4.69, 9.17) is 9.84 Å². The Kier molecular flexibility index (Phi) is 3.94. The first kappa shape index (κ1) is 13.9. The van der Waals surface area contributed by atoms with Gasteiger partial charge in [-0.05, 0) is 28.1 Å². The van der Waals surface area contributed by atoms with Gasteiger partial charge in [0.05, 0.1) is 10.5 Å². The summed E-state index contributed by atoms with van der Waals surface area (Å²) in [6.45, 7) is 0. The summed E-state index contributed by atoms with van der Waals surface area (Å²) < 4.78 is 5.57. The SMILES string of the molecule is O=C(O)c1ccc(Oc2cccc([N+](=O)[O-])c2Br)nc1. The molecule has 0 saturated heterocycles. The molecule has 1 heterocycles. The lowest BCUT2D eigenvalue weighted by Crippen LogP contribution is -1.98. The van der Waals surface area contributed by atoms with Crippen LogP contribution in [0.5, 0.6) is 11.6 Å². The lowest BCUT2D eigenvalue weighted by atomic mass is 10.3. The molecule has 102 valence electrons. The average Bonchev–Trinajstić information content (AvgIpc) is 2.41. The molecular formula is C12H7BrN2O5. The van der Waals surface area contributed by atoms with Crippen molar-refractivity contribution in [1.82, 2.24) is 4.98 Å². The average molecular weight is 339 g/mol. The molecule has 0 saturated carbocycles. The van der Waals surface area contributed by atoms with E-state index in [1.807, 2.05) is 0 Å². The highest BCUT2D eigenvalue weighted by Gasteiger charge is 2.16. The number of hydrogen-bond acceptors (Lipinski definition) is 5. The van der Waals surface area contributed by atoms with E-state index in [1.54, 1.807) is 0 Å². The number of aromatic nitrogens is 1. The molecule has 0 aliphatic rings. The van der Waals surface area contributed by atoms with Crippen LogP contribution in [-0.4, -0.2) is 21.0 Å². The maximum Gasteiger partial charge on any atom is 0.337 e. The minimum Gasteiger partial charge on any atom is -0.478 e. The lowest BCUT2D eigenvalue weighted by Gasteiger charge is -2.06. The van der Waals surface area contributed by atoms with Crippen molar-refractivity contribution in [3.63, 3.8) is 0 Å². The van der Waals surface area contributed by atoms with E-state index < -0.39 is 10.9 Å². The molecule has 0 atom stereocenters. The molecule has 1 aromatic carbocycles. The number of benzene rings is 1. The summed E-state index contributed by atoms with van der Waals surface area (Å²) in [4.78, 5) is 24.7. The molecule has 0 amide bonds. The molecule has 8 heteroatoms. The van der Waals surface area contributed by atoms with Crippen LogP contribution in [0.15, 0.2) is 41.0 Å². The number of nitrogens with zero attached hydrogens (tertiary/aromatic N) is 2. The Hall–Kier alpha value is -2.48. The third-order valence-electron chi connectivity index (χ3n) is 2.34. The molecule has 20 heavy (non-hydrogen) atoms. The van der Waals surface area contributed by atoms with Crippen molar-refractivity contribution in [2.75, 3.05) is 0 Å². The molecule has 0 aliphatic carbocycles. The third-order valence-corrected chi connectivity index (χ3v) is 3.13. The van der Waals surface area contributed by atoms with Crippen LogP contribution >= 0.6 is 15.9 Å². The Morgan fingerprint density at radius 1 is 1.35 bits per heavy atom. The van der Waals surface area contributed by atoms with Crippen molar-refractivity contribution in [1.29, 1.82) is 0 Å². The van der Waals surface area contributed by atoms with E-state index in [-0.39, 0.29) is 27.4 Å². The first-order valence-corrected chi connectivity index (χ1v) is 6.08. The van der Waals surface area contributed by atoms with Crippen molar-refractivity contribution in [2.45, 2.75) is 0 Å². The molecule has 0 unspecified atom stereocenters. The zero-order chi connectivity index (χ0) is 14.7. The van der Waals surface area contributed by atoms with Crippen molar-refractivity contribution >= 4 is 27.6 Å². The van der Waals surface area contributed by atoms with E-state index in [2.05, 4.69) is 20.9 Å². The number of halogens is 1. The quantitative estimate of drug-likeness (QED) is 0.678. The number of nitro groups is 1. The van der Waals surface area contributed by atoms with Gasteiger partial charge in [-0.15, -0.1) is 0 Å². The van der Waals surface area contributed by atoms with Gasteiger partial charge in [0.2, 0.25) is 5.88 Å². The van der Waals surface area contributed by atoms with Gasteiger partial charge < -0.3 is 9.84 Å². The van der Waals surface area contributed by atoms with E-state index in [9.17, 15) is 14.9 Å². The third kappa shape index (κ3) is 2.91. The van der Waals surface area contributed by atoms with Gasteiger partial charge >= 0.3 is 5.97 Å². The fourth-order valence-corrected chi connectivity index (χ4v) is 1.89. The molecule has 0 spiro atoms. The van der Waals surface area contributed by atoms with E-state index >= 15 is 0 Å². The van der Waals surface area contributed by atoms with Gasteiger partial charge in [0.15, 0.2) is 5.75 Å². The Morgan fingerprint density at radius 2 is 2.10 bits per heavy atom. The van der Waals surface area contributed by atoms with Gasteiger partial charge in [-0.25, -0.2) is 9.78 Å². The van der Waals surface area contributed by atoms with Crippen LogP contribution in [-0.2, 0) is 0 Å². The number of ether oxygens (including phenoxy) is 1. The molecule has 7 nitrogen and oxygen atoms in total. The molecule has 2 rings (SSSR count). The van der Waals surface area contributed by atoms with Crippen LogP contribution < -0.4 is 4.74 Å². The summed E-state index contributed by atoms with van der Waals surface area (Å²) in [5.41, 5.74) is -0.111. The van der Waals surface area contributed by atoms with Crippen LogP contribution in [0, 0.1) is 10.1 Å². The Labute approximate surface area is 121 Å². The Morgan fingerprint density at radius 3 is 2.65 bits per heavy atom. The number of carboxylic acids is 1. The minimum atomic E-state index is -1.10. The molecule has 1 N–H and O–H groups in total. The second-order valence-corrected chi connectivity index (χ2v) is 4.43. The van der Waals surface area contributed by atoms with Crippen LogP contribution in [0.2, 0.25) is 0 Å². The molecule has 0 bridgehead atoms. The molecule has 0 aliphatic heterocycles. The van der Waals surface area contributed by atoms with E-state index in [0.717, 1.165) is 6.20 Å². The van der Waals surface area contributed by atoms with Crippen molar-refractivity contribution in [2.24, 2.45) is 0 Å². The maximum atomic E-state index is 10.8. The Bertz CT molecular complexity index is 672. The number of carbonyl (C=O) groups is 1. The molecule has 0 fully saturated rings. The second kappa shape index (κ2) is 5.66. The number of pyridine rings is 1. The number of hydrogen-bond donors (Lipinski definition) is 1. The summed E-state index contributed by atoms with van der Waals surface area (Å²) in [6, 6.07) is 7.04. The highest BCUT2D eigenvalue weighted by atomic mass is 79.9.